The lowest BCUT2D eigenvalue weighted by Crippen LogP contribution is -2.53. The molecule has 1 aromatic heterocycles. The first-order valence-corrected chi connectivity index (χ1v) is 14.0. The van der Waals surface area contributed by atoms with Crippen LogP contribution in [0.25, 0.3) is 11.0 Å². The zero-order chi connectivity index (χ0) is 24.5. The highest BCUT2D eigenvalue weighted by atomic mass is 16.5. The van der Waals surface area contributed by atoms with E-state index in [1.807, 2.05) is 18.2 Å². The van der Waals surface area contributed by atoms with E-state index >= 15 is 0 Å². The van der Waals surface area contributed by atoms with Gasteiger partial charge in [-0.1, -0.05) is 24.3 Å². The number of amides is 1. The lowest BCUT2D eigenvalue weighted by atomic mass is 9.49. The Hall–Kier alpha value is -2.82. The molecule has 0 unspecified atom stereocenters. The number of aryl methyl sites for hydroxylation is 2. The van der Waals surface area contributed by atoms with Crippen molar-refractivity contribution in [3.8, 4) is 5.75 Å². The lowest BCUT2D eigenvalue weighted by Gasteiger charge is -2.55. The number of ether oxygens (including phenoxy) is 1. The van der Waals surface area contributed by atoms with Crippen molar-refractivity contribution in [3.05, 3.63) is 59.9 Å². The van der Waals surface area contributed by atoms with Crippen LogP contribution in [0.3, 0.4) is 0 Å². The molecule has 7 rings (SSSR count). The number of para-hydroxylation sites is 2. The molecule has 5 heteroatoms. The third-order valence-electron chi connectivity index (χ3n) is 8.92. The Morgan fingerprint density at radius 3 is 2.53 bits per heavy atom. The van der Waals surface area contributed by atoms with Gasteiger partial charge >= 0.3 is 0 Å². The SMILES string of the molecule is Cc1cccc(OCCCCn2c(CCNC(=O)C34CC5CC(CC(C5)C3)C4)nc3ccccc32)c1. The lowest BCUT2D eigenvalue weighted by molar-refractivity contribution is -0.146. The number of aromatic nitrogens is 2. The van der Waals surface area contributed by atoms with E-state index in [0.717, 1.165) is 79.9 Å². The highest BCUT2D eigenvalue weighted by Crippen LogP contribution is 2.60. The number of unbranched alkanes of at least 4 members (excludes halogenated alkanes) is 1. The molecule has 1 heterocycles. The van der Waals surface area contributed by atoms with E-state index in [2.05, 4.69) is 47.1 Å². The standard InChI is InChI=1S/C31H39N3O2/c1-22-7-6-8-26(15-22)36-14-5-4-13-34-28-10-3-2-9-27(28)33-29(34)11-12-32-30(35)31-19-23-16-24(20-31)18-25(17-23)21-31/h2-3,6-10,15,23-25H,4-5,11-14,16-21H2,1H3,(H,32,35). The molecule has 0 spiro atoms. The topological polar surface area (TPSA) is 56.1 Å². The number of imidazole rings is 1. The Kier molecular flexibility index (Phi) is 6.49. The first kappa shape index (κ1) is 23.6. The Balaban J connectivity index is 1.05. The Labute approximate surface area is 214 Å². The molecular formula is C31H39N3O2. The normalized spacial score (nSPS) is 26.4. The fourth-order valence-electron chi connectivity index (χ4n) is 7.70. The van der Waals surface area contributed by atoms with Gasteiger partial charge in [-0.25, -0.2) is 4.98 Å². The number of hydrogen-bond acceptors (Lipinski definition) is 3. The van der Waals surface area contributed by atoms with E-state index in [9.17, 15) is 4.79 Å². The molecule has 0 aliphatic heterocycles. The van der Waals surface area contributed by atoms with Crippen molar-refractivity contribution in [1.82, 2.24) is 14.9 Å². The van der Waals surface area contributed by atoms with E-state index in [-0.39, 0.29) is 5.41 Å². The molecule has 1 amide bonds. The minimum absolute atomic E-state index is 0.0772. The molecule has 190 valence electrons. The van der Waals surface area contributed by atoms with E-state index in [1.165, 1.54) is 30.3 Å². The summed E-state index contributed by atoms with van der Waals surface area (Å²) in [4.78, 5) is 18.3. The molecule has 0 atom stereocenters. The van der Waals surface area contributed by atoms with Gasteiger partial charge in [0.25, 0.3) is 0 Å². The third kappa shape index (κ3) is 4.77. The number of benzene rings is 2. The van der Waals surface area contributed by atoms with Crippen molar-refractivity contribution >= 4 is 16.9 Å². The Morgan fingerprint density at radius 2 is 1.78 bits per heavy atom. The highest BCUT2D eigenvalue weighted by molar-refractivity contribution is 5.83. The maximum Gasteiger partial charge on any atom is 0.226 e. The minimum Gasteiger partial charge on any atom is -0.494 e. The summed E-state index contributed by atoms with van der Waals surface area (Å²) in [6.45, 7) is 4.38. The van der Waals surface area contributed by atoms with Crippen molar-refractivity contribution < 1.29 is 9.53 Å². The van der Waals surface area contributed by atoms with E-state index in [0.29, 0.717) is 19.1 Å². The fourth-order valence-corrected chi connectivity index (χ4v) is 7.70. The second-order valence-electron chi connectivity index (χ2n) is 11.7. The van der Waals surface area contributed by atoms with Gasteiger partial charge in [-0.3, -0.25) is 4.79 Å². The van der Waals surface area contributed by atoms with E-state index < -0.39 is 0 Å². The molecule has 36 heavy (non-hydrogen) atoms. The largest absolute Gasteiger partial charge is 0.494 e. The van der Waals surface area contributed by atoms with Crippen LogP contribution < -0.4 is 10.1 Å². The zero-order valence-electron chi connectivity index (χ0n) is 21.5. The number of carbonyl (C=O) groups excluding carboxylic acids is 1. The molecule has 5 nitrogen and oxygen atoms in total. The van der Waals surface area contributed by atoms with Crippen LogP contribution in [0.1, 0.15) is 62.8 Å². The van der Waals surface area contributed by atoms with Crippen LogP contribution in [0.15, 0.2) is 48.5 Å². The van der Waals surface area contributed by atoms with Crippen molar-refractivity contribution in [1.29, 1.82) is 0 Å². The monoisotopic (exact) mass is 485 g/mol. The molecule has 4 bridgehead atoms. The summed E-state index contributed by atoms with van der Waals surface area (Å²) in [6, 6.07) is 16.6. The maximum atomic E-state index is 13.4. The van der Waals surface area contributed by atoms with Crippen LogP contribution in [0.4, 0.5) is 0 Å². The summed E-state index contributed by atoms with van der Waals surface area (Å²) in [5, 5.41) is 3.35. The number of fused-ring (bicyclic) bond motifs is 1. The smallest absolute Gasteiger partial charge is 0.226 e. The predicted molar refractivity (Wildman–Crippen MR) is 143 cm³/mol. The molecule has 0 saturated heterocycles. The fraction of sp³-hybridized carbons (Fsp3) is 0.548. The Morgan fingerprint density at radius 1 is 1.03 bits per heavy atom. The van der Waals surface area contributed by atoms with Gasteiger partial charge in [0.1, 0.15) is 11.6 Å². The van der Waals surface area contributed by atoms with Gasteiger partial charge in [0, 0.05) is 24.9 Å². The van der Waals surface area contributed by atoms with Gasteiger partial charge in [-0.15, -0.1) is 0 Å². The van der Waals surface area contributed by atoms with Crippen LogP contribution in [-0.2, 0) is 17.8 Å². The van der Waals surface area contributed by atoms with Crippen LogP contribution >= 0.6 is 0 Å². The number of nitrogens with zero attached hydrogens (tertiary/aromatic N) is 2. The molecule has 0 radical (unpaired) electrons. The maximum absolute atomic E-state index is 13.4. The summed E-state index contributed by atoms with van der Waals surface area (Å²) in [6.07, 6.45) is 10.2. The highest BCUT2D eigenvalue weighted by Gasteiger charge is 2.54. The number of rotatable bonds is 10. The van der Waals surface area contributed by atoms with Crippen LogP contribution in [0.2, 0.25) is 0 Å². The van der Waals surface area contributed by atoms with Gasteiger partial charge in [-0.05, 0) is 106 Å². The Bertz CT molecular complexity index is 1190. The number of hydrogen-bond donors (Lipinski definition) is 1. The van der Waals surface area contributed by atoms with Gasteiger partial charge in [0.2, 0.25) is 5.91 Å². The summed E-state index contributed by atoms with van der Waals surface area (Å²) in [5.74, 6) is 4.71. The van der Waals surface area contributed by atoms with Crippen LogP contribution in [0.5, 0.6) is 5.75 Å². The second-order valence-corrected chi connectivity index (χ2v) is 11.7. The van der Waals surface area contributed by atoms with Gasteiger partial charge in [0.05, 0.1) is 17.6 Å². The van der Waals surface area contributed by atoms with Crippen molar-refractivity contribution in [2.24, 2.45) is 23.2 Å². The van der Waals surface area contributed by atoms with Crippen molar-refractivity contribution in [2.75, 3.05) is 13.2 Å². The van der Waals surface area contributed by atoms with Gasteiger partial charge < -0.3 is 14.6 Å². The molecule has 4 aliphatic rings. The second kappa shape index (κ2) is 9.91. The summed E-state index contributed by atoms with van der Waals surface area (Å²) < 4.78 is 8.29. The minimum atomic E-state index is -0.0772. The molecule has 2 aromatic carbocycles. The number of carbonyl (C=O) groups is 1. The molecule has 1 N–H and O–H groups in total. The first-order valence-electron chi connectivity index (χ1n) is 14.0. The summed E-state index contributed by atoms with van der Waals surface area (Å²) in [7, 11) is 0. The number of nitrogens with one attached hydrogen (secondary N) is 1. The van der Waals surface area contributed by atoms with Crippen LogP contribution in [-0.4, -0.2) is 28.6 Å². The van der Waals surface area contributed by atoms with Gasteiger partial charge in [0.15, 0.2) is 0 Å². The van der Waals surface area contributed by atoms with Crippen molar-refractivity contribution in [3.63, 3.8) is 0 Å². The van der Waals surface area contributed by atoms with Gasteiger partial charge in [-0.2, -0.15) is 0 Å². The average molecular weight is 486 g/mol. The first-order chi connectivity index (χ1) is 17.6. The predicted octanol–water partition coefficient (Wildman–Crippen LogP) is 6.08. The van der Waals surface area contributed by atoms with E-state index in [4.69, 9.17) is 9.72 Å². The molecule has 3 aromatic rings. The molecule has 4 fully saturated rings. The molecular weight excluding hydrogens is 446 g/mol. The summed E-state index contributed by atoms with van der Waals surface area (Å²) >= 11 is 0. The molecule has 4 aliphatic carbocycles. The quantitative estimate of drug-likeness (QED) is 0.354. The van der Waals surface area contributed by atoms with Crippen molar-refractivity contribution in [2.45, 2.75) is 71.3 Å². The van der Waals surface area contributed by atoms with E-state index in [1.54, 1.807) is 0 Å². The average Bonchev–Trinajstić information content (AvgIpc) is 3.20. The molecule has 4 saturated carbocycles. The summed E-state index contributed by atoms with van der Waals surface area (Å²) in [5.41, 5.74) is 3.36. The zero-order valence-corrected chi connectivity index (χ0v) is 21.5. The van der Waals surface area contributed by atoms with Crippen LogP contribution in [0, 0.1) is 30.1 Å². The third-order valence-corrected chi connectivity index (χ3v) is 8.92.